The average Bonchev–Trinajstić information content (AvgIpc) is 3.50. The van der Waals surface area contributed by atoms with Crippen LogP contribution in [-0.4, -0.2) is 107 Å². The van der Waals surface area contributed by atoms with Crippen molar-refractivity contribution in [1.82, 2.24) is 19.4 Å². The van der Waals surface area contributed by atoms with E-state index in [0.29, 0.717) is 56.5 Å². The molecule has 0 radical (unpaired) electrons. The molecule has 15 heteroatoms. The smallest absolute Gasteiger partial charge is 0.286 e. The highest BCUT2D eigenvalue weighted by atomic mass is 35.5. The van der Waals surface area contributed by atoms with Crippen molar-refractivity contribution >= 4 is 39.0 Å². The summed E-state index contributed by atoms with van der Waals surface area (Å²) in [6.45, 7) is 7.45. The van der Waals surface area contributed by atoms with Gasteiger partial charge in [0.15, 0.2) is 0 Å². The van der Waals surface area contributed by atoms with Crippen molar-refractivity contribution in [3.05, 3.63) is 82.0 Å². The van der Waals surface area contributed by atoms with Crippen molar-refractivity contribution in [3.8, 4) is 11.6 Å². The minimum Gasteiger partial charge on any atom is -0.490 e. The van der Waals surface area contributed by atoms with Crippen LogP contribution in [0.25, 0.3) is 0 Å². The van der Waals surface area contributed by atoms with E-state index in [0.717, 1.165) is 57.4 Å². The number of nitrogens with zero attached hydrogens (tertiary/aromatic N) is 5. The number of rotatable bonds is 6. The maximum Gasteiger partial charge on any atom is 0.286 e. The molecule has 1 aromatic heterocycles. The molecule has 2 fully saturated rings. The van der Waals surface area contributed by atoms with Crippen LogP contribution in [0.4, 0.5) is 5.69 Å². The number of aromatic nitrogens is 2. The maximum atomic E-state index is 14.8. The Bertz CT molecular complexity index is 2200. The third kappa shape index (κ3) is 8.40. The zero-order valence-electron chi connectivity index (χ0n) is 33.7. The Morgan fingerprint density at radius 1 is 1.17 bits per heavy atom. The summed E-state index contributed by atoms with van der Waals surface area (Å²) >= 11 is 6.51. The second-order valence-electron chi connectivity index (χ2n) is 17.0. The Hall–Kier alpha value is -3.95. The van der Waals surface area contributed by atoms with E-state index in [1.54, 1.807) is 19.2 Å². The number of hydrogen-bond donors (Lipinski definition) is 2. The average molecular weight is 835 g/mol. The zero-order valence-corrected chi connectivity index (χ0v) is 35.2. The number of hydrogen-bond acceptors (Lipinski definition) is 10. The van der Waals surface area contributed by atoms with E-state index in [4.69, 9.17) is 25.8 Å². The van der Waals surface area contributed by atoms with E-state index in [1.165, 1.54) is 29.1 Å². The molecule has 2 N–H and O–H groups in total. The van der Waals surface area contributed by atoms with Crippen molar-refractivity contribution < 1.29 is 33.1 Å². The monoisotopic (exact) mass is 834 g/mol. The predicted octanol–water partition coefficient (Wildman–Crippen LogP) is 5.58. The Morgan fingerprint density at radius 3 is 2.78 bits per heavy atom. The third-order valence-electron chi connectivity index (χ3n) is 12.9. The summed E-state index contributed by atoms with van der Waals surface area (Å²) in [6.07, 6.45) is 11.2. The van der Waals surface area contributed by atoms with E-state index in [1.807, 2.05) is 31.2 Å². The van der Waals surface area contributed by atoms with Crippen molar-refractivity contribution in [2.45, 2.75) is 62.9 Å². The summed E-state index contributed by atoms with van der Waals surface area (Å²) in [6, 6.07) is 11.4. The third-order valence-corrected chi connectivity index (χ3v) is 15.1. The first-order valence-corrected chi connectivity index (χ1v) is 22.6. The van der Waals surface area contributed by atoms with Crippen molar-refractivity contribution in [3.63, 3.8) is 0 Å². The van der Waals surface area contributed by atoms with Gasteiger partial charge in [-0.1, -0.05) is 36.7 Å². The standard InChI is InChI=1S/C43H55ClN6O7S/c1-29-6-4-15-43(53,16-17-49-18-20-56-21-19-49)36-11-8-32(36)24-50-27-42(14-5-7-30-22-33(44)10-12-35(30)42)28-57-38-13-9-31(23-37(38)50)39(51)46-58(54,26-29)47-40(52)34-25-48(2)45-41(34)55-3/h4,9-10,12-13,15,22-23,25,29,32,36,53H,5-8,11,14,16-21,24,26-28H2,1-3H3,(H,46,47,51,52,54)/b15-4+/t29-,32-,36+,42-,43+,58?/m0/s1. The molecule has 1 saturated carbocycles. The molecule has 5 aliphatic rings. The number of morpholine rings is 1. The number of anilines is 1. The molecule has 3 aromatic rings. The quantitative estimate of drug-likeness (QED) is 0.302. The van der Waals surface area contributed by atoms with Gasteiger partial charge < -0.3 is 24.2 Å². The van der Waals surface area contributed by atoms with Crippen molar-refractivity contribution in [2.75, 3.05) is 70.3 Å². The number of carbonyl (C=O) groups excluding carboxylic acids is 2. The molecule has 1 saturated heterocycles. The predicted molar refractivity (Wildman–Crippen MR) is 223 cm³/mol. The number of amides is 2. The van der Waals surface area contributed by atoms with Gasteiger partial charge in [-0.25, -0.2) is 4.21 Å². The summed E-state index contributed by atoms with van der Waals surface area (Å²) in [7, 11) is -0.627. The van der Waals surface area contributed by atoms with Crippen LogP contribution < -0.4 is 19.1 Å². The highest BCUT2D eigenvalue weighted by molar-refractivity contribution is 7.92. The van der Waals surface area contributed by atoms with Crippen LogP contribution in [0.1, 0.15) is 77.3 Å². The van der Waals surface area contributed by atoms with Gasteiger partial charge in [0, 0.05) is 62.0 Å². The SMILES string of the molecule is COc1nn(C)cc1C(=O)NS1(=O)=NC(=O)c2ccc3c(c2)N(C[C@@H]2CC[C@H]2[C@](O)(CCN2CCOCC2)/C=C/C[C@H](C)C1)C[C@@]1(CCCc2cc(Cl)ccc21)CO3. The summed E-state index contributed by atoms with van der Waals surface area (Å²) in [4.78, 5) is 32.6. The summed E-state index contributed by atoms with van der Waals surface area (Å²) in [5.41, 5.74) is 2.13. The van der Waals surface area contributed by atoms with Crippen LogP contribution in [0.15, 0.2) is 59.1 Å². The molecule has 8 rings (SSSR count). The molecule has 1 spiro atoms. The Morgan fingerprint density at radius 2 is 2.00 bits per heavy atom. The summed E-state index contributed by atoms with van der Waals surface area (Å²) < 4.78 is 40.8. The molecule has 4 heterocycles. The van der Waals surface area contributed by atoms with Gasteiger partial charge in [-0.2, -0.15) is 0 Å². The lowest BCUT2D eigenvalue weighted by Crippen LogP contribution is -2.53. The first kappa shape index (κ1) is 40.8. The first-order chi connectivity index (χ1) is 27.9. The van der Waals surface area contributed by atoms with E-state index >= 15 is 0 Å². The summed E-state index contributed by atoms with van der Waals surface area (Å²) in [5.74, 6) is -0.867. The van der Waals surface area contributed by atoms with Gasteiger partial charge in [0.25, 0.3) is 11.8 Å². The Kier molecular flexibility index (Phi) is 11.7. The van der Waals surface area contributed by atoms with Gasteiger partial charge in [-0.15, -0.1) is 9.46 Å². The summed E-state index contributed by atoms with van der Waals surface area (Å²) in [5, 5.41) is 17.6. The van der Waals surface area contributed by atoms with Gasteiger partial charge in [-0.3, -0.25) is 23.9 Å². The van der Waals surface area contributed by atoms with Crippen LogP contribution in [0.2, 0.25) is 5.02 Å². The van der Waals surface area contributed by atoms with E-state index in [-0.39, 0.29) is 45.9 Å². The zero-order chi connectivity index (χ0) is 40.7. The normalized spacial score (nSPS) is 30.8. The van der Waals surface area contributed by atoms with E-state index in [2.05, 4.69) is 36.1 Å². The highest BCUT2D eigenvalue weighted by Gasteiger charge is 2.48. The fraction of sp³-hybridized carbons (Fsp3) is 0.558. The van der Waals surface area contributed by atoms with Gasteiger partial charge in [-0.05, 0) is 104 Å². The van der Waals surface area contributed by atoms with Crippen LogP contribution in [0.5, 0.6) is 11.6 Å². The number of methoxy groups -OCH3 is 1. The molecule has 13 nitrogen and oxygen atoms in total. The Labute approximate surface area is 346 Å². The molecular formula is C43H55ClN6O7S. The van der Waals surface area contributed by atoms with E-state index in [9.17, 15) is 18.9 Å². The first-order valence-electron chi connectivity index (χ1n) is 20.6. The molecule has 2 aliphatic carbocycles. The second kappa shape index (κ2) is 16.6. The molecule has 1 unspecified atom stereocenters. The van der Waals surface area contributed by atoms with Crippen LogP contribution in [-0.2, 0) is 33.5 Å². The maximum absolute atomic E-state index is 14.8. The fourth-order valence-electron chi connectivity index (χ4n) is 9.75. The number of allylic oxidation sites excluding steroid dienone is 1. The van der Waals surface area contributed by atoms with Gasteiger partial charge in [0.05, 0.1) is 44.0 Å². The molecule has 2 amide bonds. The molecule has 2 bridgehead atoms. The molecule has 6 atom stereocenters. The van der Waals surface area contributed by atoms with Gasteiger partial charge in [0.1, 0.15) is 21.2 Å². The second-order valence-corrected chi connectivity index (χ2v) is 19.5. The number of aryl methyl sites for hydroxylation is 2. The lowest BCUT2D eigenvalue weighted by Gasteiger charge is -2.49. The minimum atomic E-state index is -3.68. The molecule has 3 aliphatic heterocycles. The van der Waals surface area contributed by atoms with Crippen LogP contribution >= 0.6 is 11.6 Å². The lowest BCUT2D eigenvalue weighted by molar-refractivity contribution is -0.0599. The number of aliphatic hydroxyl groups is 1. The number of benzene rings is 2. The number of carbonyl (C=O) groups is 2. The fourth-order valence-corrected chi connectivity index (χ4v) is 11.8. The topological polar surface area (TPSA) is 148 Å². The van der Waals surface area contributed by atoms with Gasteiger partial charge in [0.2, 0.25) is 5.88 Å². The highest BCUT2D eigenvalue weighted by Crippen LogP contribution is 2.49. The number of ether oxygens (including phenoxy) is 3. The van der Waals surface area contributed by atoms with Crippen LogP contribution in [0.3, 0.4) is 0 Å². The van der Waals surface area contributed by atoms with Crippen LogP contribution in [0, 0.1) is 17.8 Å². The number of halogens is 1. The van der Waals surface area contributed by atoms with Crippen molar-refractivity contribution in [1.29, 1.82) is 0 Å². The molecule has 2 aromatic carbocycles. The lowest BCUT2D eigenvalue weighted by atomic mass is 9.63. The Balaban J connectivity index is 1.20. The molecule has 58 heavy (non-hydrogen) atoms. The van der Waals surface area contributed by atoms with Crippen molar-refractivity contribution in [2.24, 2.45) is 29.2 Å². The van der Waals surface area contributed by atoms with Gasteiger partial charge >= 0.3 is 0 Å². The number of nitrogens with one attached hydrogen (secondary N) is 1. The molecule has 312 valence electrons. The minimum absolute atomic E-state index is 0.00631. The largest absolute Gasteiger partial charge is 0.490 e. The molecular weight excluding hydrogens is 780 g/mol. The van der Waals surface area contributed by atoms with E-state index < -0.39 is 27.3 Å². The number of fused-ring (bicyclic) bond motifs is 4.